The smallest absolute Gasteiger partial charge is 0.123 e. The van der Waals surface area contributed by atoms with Gasteiger partial charge in [-0.2, -0.15) is 0 Å². The third-order valence-corrected chi connectivity index (χ3v) is 4.00. The van der Waals surface area contributed by atoms with Crippen LogP contribution in [0, 0.1) is 11.8 Å². The van der Waals surface area contributed by atoms with E-state index in [4.69, 9.17) is 4.74 Å². The van der Waals surface area contributed by atoms with E-state index in [0.29, 0.717) is 25.5 Å². The van der Waals surface area contributed by atoms with E-state index >= 15 is 0 Å². The predicted octanol–water partition coefficient (Wildman–Crippen LogP) is 1.71. The number of aldehydes is 1. The average molecular weight is 243 g/mol. The average Bonchev–Trinajstić information content (AvgIpc) is 2.73. The highest BCUT2D eigenvalue weighted by Gasteiger charge is 2.30. The zero-order valence-electron chi connectivity index (χ0n) is 10.4. The molecule has 0 bridgehead atoms. The van der Waals surface area contributed by atoms with Crippen molar-refractivity contribution in [1.29, 1.82) is 0 Å². The van der Waals surface area contributed by atoms with E-state index in [-0.39, 0.29) is 18.1 Å². The van der Waals surface area contributed by atoms with Gasteiger partial charge >= 0.3 is 0 Å². The van der Waals surface area contributed by atoms with Crippen LogP contribution in [0.2, 0.25) is 0 Å². The summed E-state index contributed by atoms with van der Waals surface area (Å²) in [5, 5.41) is 3.12. The second-order valence-corrected chi connectivity index (χ2v) is 5.50. The van der Waals surface area contributed by atoms with E-state index in [9.17, 15) is 9.18 Å². The maximum absolute atomic E-state index is 13.0. The van der Waals surface area contributed by atoms with E-state index in [1.807, 2.05) is 0 Å². The molecule has 0 aromatic rings. The molecule has 0 aromatic heterocycles. The van der Waals surface area contributed by atoms with Gasteiger partial charge in [-0.15, -0.1) is 0 Å². The fourth-order valence-corrected chi connectivity index (χ4v) is 2.92. The van der Waals surface area contributed by atoms with Crippen molar-refractivity contribution >= 4 is 6.29 Å². The molecule has 17 heavy (non-hydrogen) atoms. The van der Waals surface area contributed by atoms with Crippen molar-refractivity contribution in [3.63, 3.8) is 0 Å². The summed E-state index contributed by atoms with van der Waals surface area (Å²) in [7, 11) is 0. The molecular formula is C13H22FNO2. The molecule has 1 aliphatic heterocycles. The largest absolute Gasteiger partial charge is 0.376 e. The molecule has 1 N–H and O–H groups in total. The lowest BCUT2D eigenvalue weighted by Crippen LogP contribution is -2.35. The first-order valence-electron chi connectivity index (χ1n) is 6.63. The summed E-state index contributed by atoms with van der Waals surface area (Å²) in [4.78, 5) is 10.7. The standard InChI is InChI=1S/C13H22FNO2/c1-9-4-10(7-16)2-3-13(9)17-8-12-5-11(14)6-15-12/h7,9-13,15H,2-6,8H2,1H3/t9?,10?,11?,12-,13?/m0/s1. The van der Waals surface area contributed by atoms with Gasteiger partial charge in [0.2, 0.25) is 0 Å². The quantitative estimate of drug-likeness (QED) is 0.764. The minimum Gasteiger partial charge on any atom is -0.376 e. The highest BCUT2D eigenvalue weighted by Crippen LogP contribution is 2.30. The first-order chi connectivity index (χ1) is 8.19. The number of nitrogens with one attached hydrogen (secondary N) is 1. The first kappa shape index (κ1) is 13.0. The number of carbonyl (C=O) groups excluding carboxylic acids is 1. The topological polar surface area (TPSA) is 38.3 Å². The van der Waals surface area contributed by atoms with Gasteiger partial charge in [0.25, 0.3) is 0 Å². The van der Waals surface area contributed by atoms with Gasteiger partial charge in [0.15, 0.2) is 0 Å². The van der Waals surface area contributed by atoms with Gasteiger partial charge in [-0.25, -0.2) is 4.39 Å². The van der Waals surface area contributed by atoms with E-state index in [2.05, 4.69) is 12.2 Å². The number of carbonyl (C=O) groups is 1. The highest BCUT2D eigenvalue weighted by atomic mass is 19.1. The lowest BCUT2D eigenvalue weighted by Gasteiger charge is -2.32. The molecule has 4 unspecified atom stereocenters. The third kappa shape index (κ3) is 3.49. The molecule has 0 spiro atoms. The molecule has 1 heterocycles. The Morgan fingerprint density at radius 3 is 2.82 bits per heavy atom. The van der Waals surface area contributed by atoms with E-state index in [0.717, 1.165) is 25.5 Å². The molecule has 2 fully saturated rings. The Morgan fingerprint density at radius 1 is 1.41 bits per heavy atom. The van der Waals surface area contributed by atoms with E-state index < -0.39 is 6.17 Å². The monoisotopic (exact) mass is 243 g/mol. The number of ether oxygens (including phenoxy) is 1. The van der Waals surface area contributed by atoms with Crippen LogP contribution < -0.4 is 5.32 Å². The van der Waals surface area contributed by atoms with Crippen molar-refractivity contribution in [2.75, 3.05) is 13.2 Å². The van der Waals surface area contributed by atoms with Crippen LogP contribution in [0.3, 0.4) is 0 Å². The molecule has 0 aromatic carbocycles. The van der Waals surface area contributed by atoms with Gasteiger partial charge in [-0.3, -0.25) is 0 Å². The Kier molecular flexibility index (Phi) is 4.51. The van der Waals surface area contributed by atoms with Crippen LogP contribution in [-0.2, 0) is 9.53 Å². The molecular weight excluding hydrogens is 221 g/mol. The van der Waals surface area contributed by atoms with Crippen molar-refractivity contribution in [2.45, 2.75) is 50.9 Å². The normalized spacial score (nSPS) is 42.6. The Bertz CT molecular complexity index is 262. The SMILES string of the molecule is CC1CC(C=O)CCC1OC[C@@H]1CC(F)CN1. The first-order valence-corrected chi connectivity index (χ1v) is 6.63. The third-order valence-electron chi connectivity index (χ3n) is 4.00. The summed E-state index contributed by atoms with van der Waals surface area (Å²) in [6.07, 6.45) is 3.98. The van der Waals surface area contributed by atoms with Crippen molar-refractivity contribution < 1.29 is 13.9 Å². The van der Waals surface area contributed by atoms with Crippen LogP contribution in [-0.4, -0.2) is 37.8 Å². The second-order valence-electron chi connectivity index (χ2n) is 5.50. The Morgan fingerprint density at radius 2 is 2.24 bits per heavy atom. The summed E-state index contributed by atoms with van der Waals surface area (Å²) in [5.74, 6) is 0.645. The van der Waals surface area contributed by atoms with Gasteiger partial charge in [0, 0.05) is 18.5 Å². The number of rotatable bonds is 4. The van der Waals surface area contributed by atoms with Crippen molar-refractivity contribution in [2.24, 2.45) is 11.8 Å². The zero-order valence-corrected chi connectivity index (χ0v) is 10.4. The summed E-state index contributed by atoms with van der Waals surface area (Å²) in [6.45, 7) is 3.20. The van der Waals surface area contributed by atoms with Crippen molar-refractivity contribution in [3.05, 3.63) is 0 Å². The lowest BCUT2D eigenvalue weighted by atomic mass is 9.81. The van der Waals surface area contributed by atoms with Crippen molar-refractivity contribution in [1.82, 2.24) is 5.32 Å². The van der Waals surface area contributed by atoms with Crippen LogP contribution in [0.1, 0.15) is 32.6 Å². The Labute approximate surface area is 102 Å². The second kappa shape index (κ2) is 5.91. The fraction of sp³-hybridized carbons (Fsp3) is 0.923. The van der Waals surface area contributed by atoms with Gasteiger partial charge in [0.05, 0.1) is 12.7 Å². The van der Waals surface area contributed by atoms with Crippen LogP contribution in [0.4, 0.5) is 4.39 Å². The molecule has 2 rings (SSSR count). The van der Waals surface area contributed by atoms with Crippen LogP contribution in [0.5, 0.6) is 0 Å². The van der Waals surface area contributed by atoms with Gasteiger partial charge in [0.1, 0.15) is 12.5 Å². The number of hydrogen-bond acceptors (Lipinski definition) is 3. The van der Waals surface area contributed by atoms with Crippen LogP contribution in [0.15, 0.2) is 0 Å². The molecule has 98 valence electrons. The fourth-order valence-electron chi connectivity index (χ4n) is 2.92. The summed E-state index contributed by atoms with van der Waals surface area (Å²) in [5.41, 5.74) is 0. The molecule has 5 atom stereocenters. The van der Waals surface area contributed by atoms with Gasteiger partial charge in [-0.05, 0) is 31.6 Å². The predicted molar refractivity (Wildman–Crippen MR) is 63.6 cm³/mol. The number of halogens is 1. The van der Waals surface area contributed by atoms with Gasteiger partial charge < -0.3 is 14.8 Å². The molecule has 1 saturated heterocycles. The molecule has 2 aliphatic rings. The number of hydrogen-bond donors (Lipinski definition) is 1. The van der Waals surface area contributed by atoms with E-state index in [1.54, 1.807) is 0 Å². The maximum Gasteiger partial charge on any atom is 0.123 e. The molecule has 0 radical (unpaired) electrons. The summed E-state index contributed by atoms with van der Waals surface area (Å²) in [6, 6.07) is 0.168. The molecule has 3 nitrogen and oxygen atoms in total. The minimum atomic E-state index is -0.716. The molecule has 1 aliphatic carbocycles. The lowest BCUT2D eigenvalue weighted by molar-refractivity contribution is -0.114. The van der Waals surface area contributed by atoms with Crippen LogP contribution in [0.25, 0.3) is 0 Å². The van der Waals surface area contributed by atoms with Crippen molar-refractivity contribution in [3.8, 4) is 0 Å². The number of alkyl halides is 1. The van der Waals surface area contributed by atoms with Gasteiger partial charge in [-0.1, -0.05) is 6.92 Å². The minimum absolute atomic E-state index is 0.168. The summed E-state index contributed by atoms with van der Waals surface area (Å²) < 4.78 is 18.8. The molecule has 4 heteroatoms. The van der Waals surface area contributed by atoms with Crippen LogP contribution >= 0.6 is 0 Å². The zero-order chi connectivity index (χ0) is 12.3. The highest BCUT2D eigenvalue weighted by molar-refractivity contribution is 5.53. The Hall–Kier alpha value is -0.480. The molecule has 1 saturated carbocycles. The Balaban J connectivity index is 1.70. The molecule has 0 amide bonds. The maximum atomic E-state index is 13.0. The summed E-state index contributed by atoms with van der Waals surface area (Å²) >= 11 is 0. The van der Waals surface area contributed by atoms with E-state index in [1.165, 1.54) is 0 Å².